The second kappa shape index (κ2) is 2.66. The van der Waals surface area contributed by atoms with Gasteiger partial charge in [0.2, 0.25) is 0 Å². The third-order valence-electron chi connectivity index (χ3n) is 2.05. The molecule has 1 aromatic heterocycles. The molecule has 0 amide bonds. The molecule has 1 aliphatic heterocycles. The van der Waals surface area contributed by atoms with Crippen LogP contribution in [-0.2, 0) is 24.3 Å². The lowest BCUT2D eigenvalue weighted by atomic mass is 10.4. The zero-order valence-corrected chi connectivity index (χ0v) is 6.71. The molecule has 0 fully saturated rings. The molecule has 1 aromatic rings. The lowest BCUT2D eigenvalue weighted by Crippen LogP contribution is -2.17. The zero-order valence-electron chi connectivity index (χ0n) is 6.71. The molecule has 2 heterocycles. The second-order valence-electron chi connectivity index (χ2n) is 2.72. The van der Waals surface area contributed by atoms with Gasteiger partial charge in [0.05, 0.1) is 25.1 Å². The molecule has 0 unspecified atom stereocenters. The first-order valence-corrected chi connectivity index (χ1v) is 4.03. The molecule has 3 heteroatoms. The van der Waals surface area contributed by atoms with Crippen LogP contribution in [0.1, 0.15) is 18.4 Å². The third kappa shape index (κ3) is 1.05. The van der Waals surface area contributed by atoms with Gasteiger partial charge in [-0.1, -0.05) is 6.92 Å². The number of fused-ring (bicyclic) bond motifs is 1. The fraction of sp³-hybridized carbons (Fsp3) is 0.625. The van der Waals surface area contributed by atoms with E-state index in [9.17, 15) is 0 Å². The largest absolute Gasteiger partial charge is 0.373 e. The maximum absolute atomic E-state index is 5.29. The van der Waals surface area contributed by atoms with Crippen molar-refractivity contribution in [2.45, 2.75) is 26.5 Å². The smallest absolute Gasteiger partial charge is 0.108 e. The Morgan fingerprint density at radius 3 is 3.45 bits per heavy atom. The molecule has 3 nitrogen and oxygen atoms in total. The van der Waals surface area contributed by atoms with E-state index in [1.54, 1.807) is 0 Å². The van der Waals surface area contributed by atoms with Gasteiger partial charge in [0.25, 0.3) is 0 Å². The van der Waals surface area contributed by atoms with Gasteiger partial charge in [-0.2, -0.15) is 0 Å². The standard InChI is InChI=1S/C8H12N2O/c1-2-8-9-5-7-6-11-4-3-10(7)8/h5H,2-4,6H2,1H3. The Labute approximate surface area is 66.0 Å². The van der Waals surface area contributed by atoms with Crippen LogP contribution in [0.15, 0.2) is 6.20 Å². The lowest BCUT2D eigenvalue weighted by molar-refractivity contribution is 0.0840. The lowest BCUT2D eigenvalue weighted by Gasteiger charge is -2.16. The molecule has 0 radical (unpaired) electrons. The number of ether oxygens (including phenoxy) is 1. The number of hydrogen-bond donors (Lipinski definition) is 0. The molecule has 2 rings (SSSR count). The van der Waals surface area contributed by atoms with E-state index in [1.165, 1.54) is 11.5 Å². The summed E-state index contributed by atoms with van der Waals surface area (Å²) < 4.78 is 7.55. The van der Waals surface area contributed by atoms with E-state index in [2.05, 4.69) is 16.5 Å². The minimum absolute atomic E-state index is 0.729. The highest BCUT2D eigenvalue weighted by atomic mass is 16.5. The van der Waals surface area contributed by atoms with E-state index in [4.69, 9.17) is 4.74 Å². The second-order valence-corrected chi connectivity index (χ2v) is 2.72. The Morgan fingerprint density at radius 2 is 2.64 bits per heavy atom. The summed E-state index contributed by atoms with van der Waals surface area (Å²) in [6.45, 7) is 4.66. The number of aryl methyl sites for hydroxylation is 1. The Kier molecular flexibility index (Phi) is 1.66. The molecule has 0 bridgehead atoms. The summed E-state index contributed by atoms with van der Waals surface area (Å²) in [6, 6.07) is 0. The van der Waals surface area contributed by atoms with E-state index >= 15 is 0 Å². The fourth-order valence-electron chi connectivity index (χ4n) is 1.46. The molecule has 0 saturated heterocycles. The summed E-state index contributed by atoms with van der Waals surface area (Å²) in [7, 11) is 0. The van der Waals surface area contributed by atoms with Gasteiger partial charge in [-0.15, -0.1) is 0 Å². The van der Waals surface area contributed by atoms with Crippen molar-refractivity contribution >= 4 is 0 Å². The van der Waals surface area contributed by atoms with Gasteiger partial charge in [-0.05, 0) is 0 Å². The summed E-state index contributed by atoms with van der Waals surface area (Å²) >= 11 is 0. The summed E-state index contributed by atoms with van der Waals surface area (Å²) in [6.07, 6.45) is 2.93. The highest BCUT2D eigenvalue weighted by molar-refractivity contribution is 5.05. The highest BCUT2D eigenvalue weighted by Crippen LogP contribution is 2.11. The summed E-state index contributed by atoms with van der Waals surface area (Å²) in [5.41, 5.74) is 1.22. The average Bonchev–Trinajstić information content (AvgIpc) is 2.47. The normalized spacial score (nSPS) is 16.5. The molecule has 0 spiro atoms. The number of hydrogen-bond acceptors (Lipinski definition) is 2. The number of imidazole rings is 1. The minimum atomic E-state index is 0.729. The average molecular weight is 152 g/mol. The number of nitrogens with zero attached hydrogens (tertiary/aromatic N) is 2. The van der Waals surface area contributed by atoms with Crippen LogP contribution in [-0.4, -0.2) is 16.2 Å². The van der Waals surface area contributed by atoms with Gasteiger partial charge in [0, 0.05) is 13.0 Å². The van der Waals surface area contributed by atoms with Gasteiger partial charge in [-0.25, -0.2) is 4.98 Å². The van der Waals surface area contributed by atoms with Crippen LogP contribution in [0, 0.1) is 0 Å². The van der Waals surface area contributed by atoms with E-state index in [0.717, 1.165) is 26.2 Å². The quantitative estimate of drug-likeness (QED) is 0.599. The first kappa shape index (κ1) is 6.85. The zero-order chi connectivity index (χ0) is 7.68. The Hall–Kier alpha value is -0.830. The molecule has 0 N–H and O–H groups in total. The van der Waals surface area contributed by atoms with Crippen molar-refractivity contribution < 1.29 is 4.74 Å². The summed E-state index contributed by atoms with van der Waals surface area (Å²) in [5, 5.41) is 0. The molecule has 1 aliphatic rings. The maximum Gasteiger partial charge on any atom is 0.108 e. The van der Waals surface area contributed by atoms with Crippen LogP contribution >= 0.6 is 0 Å². The van der Waals surface area contributed by atoms with Crippen molar-refractivity contribution in [1.29, 1.82) is 0 Å². The van der Waals surface area contributed by atoms with Gasteiger partial charge >= 0.3 is 0 Å². The topological polar surface area (TPSA) is 27.1 Å². The van der Waals surface area contributed by atoms with Gasteiger partial charge in [-0.3, -0.25) is 0 Å². The highest BCUT2D eigenvalue weighted by Gasteiger charge is 2.11. The first-order chi connectivity index (χ1) is 5.42. The van der Waals surface area contributed by atoms with Crippen molar-refractivity contribution in [1.82, 2.24) is 9.55 Å². The first-order valence-electron chi connectivity index (χ1n) is 4.03. The monoisotopic (exact) mass is 152 g/mol. The van der Waals surface area contributed by atoms with Crippen molar-refractivity contribution in [3.05, 3.63) is 17.7 Å². The molecule has 0 saturated carbocycles. The third-order valence-corrected chi connectivity index (χ3v) is 2.05. The van der Waals surface area contributed by atoms with E-state index in [-0.39, 0.29) is 0 Å². The van der Waals surface area contributed by atoms with E-state index in [0.29, 0.717) is 0 Å². The SMILES string of the molecule is CCc1ncc2n1CCOC2. The van der Waals surface area contributed by atoms with Crippen molar-refractivity contribution in [2.24, 2.45) is 0 Å². The molecule has 0 atom stereocenters. The molecule has 0 aliphatic carbocycles. The summed E-state index contributed by atoms with van der Waals surface area (Å²) in [4.78, 5) is 4.30. The molecule has 11 heavy (non-hydrogen) atoms. The van der Waals surface area contributed by atoms with Gasteiger partial charge in [0.1, 0.15) is 5.82 Å². The van der Waals surface area contributed by atoms with Crippen LogP contribution in [0.2, 0.25) is 0 Å². The Balaban J connectivity index is 2.38. The Bertz CT molecular complexity index is 241. The van der Waals surface area contributed by atoms with Crippen LogP contribution in [0.4, 0.5) is 0 Å². The van der Waals surface area contributed by atoms with E-state index in [1.807, 2.05) is 6.20 Å². The summed E-state index contributed by atoms with van der Waals surface area (Å²) in [5.74, 6) is 1.18. The van der Waals surface area contributed by atoms with Crippen LogP contribution in [0.5, 0.6) is 0 Å². The van der Waals surface area contributed by atoms with Crippen molar-refractivity contribution in [3.63, 3.8) is 0 Å². The predicted molar refractivity (Wildman–Crippen MR) is 41.3 cm³/mol. The molecule has 60 valence electrons. The minimum Gasteiger partial charge on any atom is -0.373 e. The molecular weight excluding hydrogens is 140 g/mol. The van der Waals surface area contributed by atoms with Gasteiger partial charge < -0.3 is 9.30 Å². The fourth-order valence-corrected chi connectivity index (χ4v) is 1.46. The van der Waals surface area contributed by atoms with Gasteiger partial charge in [0.15, 0.2) is 0 Å². The molecule has 0 aromatic carbocycles. The Morgan fingerprint density at radius 1 is 1.73 bits per heavy atom. The van der Waals surface area contributed by atoms with Crippen LogP contribution in [0.3, 0.4) is 0 Å². The molecular formula is C8H12N2O. The van der Waals surface area contributed by atoms with Crippen molar-refractivity contribution in [2.75, 3.05) is 6.61 Å². The number of rotatable bonds is 1. The predicted octanol–water partition coefficient (Wildman–Crippen LogP) is 0.976. The maximum atomic E-state index is 5.29. The van der Waals surface area contributed by atoms with Crippen LogP contribution in [0.25, 0.3) is 0 Å². The van der Waals surface area contributed by atoms with Crippen molar-refractivity contribution in [3.8, 4) is 0 Å². The van der Waals surface area contributed by atoms with Crippen LogP contribution < -0.4 is 0 Å². The van der Waals surface area contributed by atoms with E-state index < -0.39 is 0 Å². The number of aromatic nitrogens is 2.